The Bertz CT molecular complexity index is 1000. The lowest BCUT2D eigenvalue weighted by molar-refractivity contribution is -0.148. The number of carboxylic acid groups (broad SMARTS) is 1. The molecule has 59 heavy (non-hydrogen) atoms. The van der Waals surface area contributed by atoms with Crippen LogP contribution in [0.2, 0.25) is 0 Å². The molecule has 1 atom stereocenters. The number of rotatable bonds is 24. The number of esters is 4. The van der Waals surface area contributed by atoms with E-state index in [0.717, 1.165) is 35.0 Å². The molecule has 0 aromatic heterocycles. The fourth-order valence-corrected chi connectivity index (χ4v) is 4.64. The summed E-state index contributed by atoms with van der Waals surface area (Å²) >= 11 is 10.7. The molecule has 0 heterocycles. The van der Waals surface area contributed by atoms with E-state index >= 15 is 0 Å². The molecule has 0 aliphatic rings. The van der Waals surface area contributed by atoms with Gasteiger partial charge in [0.15, 0.2) is 0 Å². The molecule has 14 heteroatoms. The van der Waals surface area contributed by atoms with Gasteiger partial charge in [0.05, 0.1) is 57.2 Å². The molecule has 0 aliphatic heterocycles. The minimum absolute atomic E-state index is 0.00463. The fourth-order valence-electron chi connectivity index (χ4n) is 3.59. The Labute approximate surface area is 376 Å². The van der Waals surface area contributed by atoms with Crippen molar-refractivity contribution in [1.29, 1.82) is 5.26 Å². The van der Waals surface area contributed by atoms with E-state index in [0.29, 0.717) is 19.6 Å². The fraction of sp³-hybridized carbons (Fsp3) is 0.844. The summed E-state index contributed by atoms with van der Waals surface area (Å²) < 4.78 is 19.3. The summed E-state index contributed by atoms with van der Waals surface area (Å²) in [6.45, 7) is 23.8. The van der Waals surface area contributed by atoms with Crippen molar-refractivity contribution in [2.45, 2.75) is 186 Å². The van der Waals surface area contributed by atoms with E-state index in [1.54, 1.807) is 46.4 Å². The number of hydrogen-bond acceptors (Lipinski definition) is 12. The summed E-state index contributed by atoms with van der Waals surface area (Å²) in [4.78, 5) is 52.1. The van der Waals surface area contributed by atoms with Crippen molar-refractivity contribution >= 4 is 70.0 Å². The van der Waals surface area contributed by atoms with Crippen LogP contribution >= 0.6 is 36.6 Å². The number of hydrogen-bond donors (Lipinski definition) is 2. The number of carboxylic acids is 1. The summed E-state index contributed by atoms with van der Waals surface area (Å²) in [5, 5.41) is 16.4. The lowest BCUT2D eigenvalue weighted by Gasteiger charge is -2.04. The lowest BCUT2D eigenvalue weighted by Crippen LogP contribution is -2.12. The van der Waals surface area contributed by atoms with Gasteiger partial charge in [-0.1, -0.05) is 159 Å². The number of nitrogens with zero attached hydrogens (tertiary/aromatic N) is 1. The predicted octanol–water partition coefficient (Wildman–Crippen LogP) is 12.5. The molecule has 350 valence electrons. The van der Waals surface area contributed by atoms with Crippen molar-refractivity contribution in [3.05, 3.63) is 0 Å². The van der Waals surface area contributed by atoms with Gasteiger partial charge in [-0.05, 0) is 38.4 Å². The molecule has 1 N–H and O–H groups in total. The van der Waals surface area contributed by atoms with E-state index in [1.165, 1.54) is 78.4 Å². The van der Waals surface area contributed by atoms with Gasteiger partial charge in [0.1, 0.15) is 3.53 Å². The third-order valence-electron chi connectivity index (χ3n) is 7.51. The Morgan fingerprint density at radius 1 is 0.593 bits per heavy atom. The first-order valence-corrected chi connectivity index (χ1v) is 23.5. The minimum atomic E-state index is -0.836. The minimum Gasteiger partial charge on any atom is -0.481 e. The summed E-state index contributed by atoms with van der Waals surface area (Å²) in [5.74, 6) is -0.275. The van der Waals surface area contributed by atoms with Crippen molar-refractivity contribution in [3.8, 4) is 6.07 Å². The second-order valence-corrected chi connectivity index (χ2v) is 17.8. The molecule has 0 saturated carbocycles. The number of unbranched alkanes of at least 4 members (excludes halogenated alkanes) is 11. The normalized spacial score (nSPS) is 10.3. The summed E-state index contributed by atoms with van der Waals surface area (Å²) in [6.07, 6.45) is 18.6. The number of carbonyl (C=O) groups is 5. The Kier molecular flexibility index (Phi) is 62.2. The molecule has 0 aromatic carbocycles. The Hall–Kier alpha value is -2.37. The van der Waals surface area contributed by atoms with Gasteiger partial charge in [-0.3, -0.25) is 24.0 Å². The van der Waals surface area contributed by atoms with E-state index in [4.69, 9.17) is 32.1 Å². The number of thiocarbonyl (C=S) groups is 1. The van der Waals surface area contributed by atoms with E-state index in [1.807, 2.05) is 33.8 Å². The number of carbonyl (C=O) groups excluding carboxylic acids is 4. The van der Waals surface area contributed by atoms with Crippen LogP contribution in [-0.2, 0) is 42.9 Å². The molecule has 0 amide bonds. The number of thioether (sulfide) groups is 1. The number of nitriles is 1. The van der Waals surface area contributed by atoms with Crippen LogP contribution in [0, 0.1) is 40.9 Å². The highest BCUT2D eigenvalue weighted by Crippen LogP contribution is 2.14. The monoisotopic (exact) mass is 898 g/mol. The number of thiol groups is 1. The van der Waals surface area contributed by atoms with Crippen LogP contribution in [0.4, 0.5) is 0 Å². The molecule has 1 unspecified atom stereocenters. The van der Waals surface area contributed by atoms with Crippen LogP contribution < -0.4 is 0 Å². The van der Waals surface area contributed by atoms with Crippen molar-refractivity contribution in [2.75, 3.05) is 33.2 Å². The molecule has 0 aromatic rings. The molecule has 0 radical (unpaired) electrons. The second-order valence-electron chi connectivity index (χ2n) is 15.0. The molecule has 0 spiro atoms. The summed E-state index contributed by atoms with van der Waals surface area (Å²) in [6, 6.07) is 1.96. The topological polar surface area (TPSA) is 166 Å². The largest absolute Gasteiger partial charge is 0.481 e. The molecule has 0 fully saturated rings. The quantitative estimate of drug-likeness (QED) is 0.0309. The number of methoxy groups -OCH3 is 2. The third-order valence-corrected chi connectivity index (χ3v) is 8.99. The van der Waals surface area contributed by atoms with E-state index in [9.17, 15) is 24.0 Å². The van der Waals surface area contributed by atoms with E-state index in [2.05, 4.69) is 42.9 Å². The van der Waals surface area contributed by atoms with Crippen LogP contribution in [-0.4, -0.2) is 71.7 Å². The van der Waals surface area contributed by atoms with Crippen LogP contribution in [0.25, 0.3) is 0 Å². The van der Waals surface area contributed by atoms with Crippen LogP contribution in [0.1, 0.15) is 186 Å². The van der Waals surface area contributed by atoms with E-state index in [-0.39, 0.29) is 59.9 Å². The second kappa shape index (κ2) is 53.6. The van der Waals surface area contributed by atoms with Crippen molar-refractivity contribution in [1.82, 2.24) is 0 Å². The van der Waals surface area contributed by atoms with Crippen molar-refractivity contribution < 1.29 is 48.0 Å². The maximum atomic E-state index is 10.8. The highest BCUT2D eigenvalue weighted by atomic mass is 32.2. The first-order chi connectivity index (χ1) is 27.7. The maximum absolute atomic E-state index is 10.8. The van der Waals surface area contributed by atoms with E-state index < -0.39 is 5.97 Å². The van der Waals surface area contributed by atoms with Gasteiger partial charge in [0.25, 0.3) is 0 Å². The van der Waals surface area contributed by atoms with Gasteiger partial charge in [-0.25, -0.2) is 0 Å². The van der Waals surface area contributed by atoms with Crippen molar-refractivity contribution in [2.24, 2.45) is 29.6 Å². The zero-order valence-corrected chi connectivity index (χ0v) is 42.2. The molecule has 0 rings (SSSR count). The Balaban J connectivity index is -0.000000147. The van der Waals surface area contributed by atoms with Gasteiger partial charge in [-0.2, -0.15) is 5.26 Å². The van der Waals surface area contributed by atoms with Gasteiger partial charge in [0.2, 0.25) is 0 Å². The first-order valence-electron chi connectivity index (χ1n) is 21.6. The Morgan fingerprint density at radius 2 is 0.915 bits per heavy atom. The van der Waals surface area contributed by atoms with Crippen molar-refractivity contribution in [3.63, 3.8) is 0 Å². The average Bonchev–Trinajstić information content (AvgIpc) is 3.19. The SMILES string of the molecule is CC(C#N)CCC(=O)O.CCCCCCCCCCCCSC(=S)S.CCCCOC(=O)C(C)C.CCCCOC(=O)C(C)C.COC(=O)C(C)C.COC(=O)C(C)C. The maximum Gasteiger partial charge on any atom is 0.308 e. The highest BCUT2D eigenvalue weighted by Gasteiger charge is 2.08. The zero-order chi connectivity index (χ0) is 47.0. The molecular formula is C45H87NO10S3. The van der Waals surface area contributed by atoms with Crippen LogP contribution in [0.3, 0.4) is 0 Å². The molecule has 11 nitrogen and oxygen atoms in total. The summed E-state index contributed by atoms with van der Waals surface area (Å²) in [5.41, 5.74) is 0. The van der Waals surface area contributed by atoms with Gasteiger partial charge in [-0.15, -0.1) is 24.4 Å². The summed E-state index contributed by atoms with van der Waals surface area (Å²) in [7, 11) is 2.78. The van der Waals surface area contributed by atoms with Gasteiger partial charge >= 0.3 is 29.8 Å². The number of ether oxygens (including phenoxy) is 4. The average molecular weight is 898 g/mol. The third kappa shape index (κ3) is 70.5. The lowest BCUT2D eigenvalue weighted by atomic mass is 10.1. The van der Waals surface area contributed by atoms with Crippen LogP contribution in [0.5, 0.6) is 0 Å². The number of aliphatic carboxylic acids is 1. The van der Waals surface area contributed by atoms with Gasteiger partial charge < -0.3 is 24.1 Å². The Morgan fingerprint density at radius 3 is 1.15 bits per heavy atom. The van der Waals surface area contributed by atoms with Gasteiger partial charge in [0, 0.05) is 12.3 Å². The molecule has 0 saturated heterocycles. The van der Waals surface area contributed by atoms with Crippen LogP contribution in [0.15, 0.2) is 0 Å². The predicted molar refractivity (Wildman–Crippen MR) is 253 cm³/mol. The standard InChI is InChI=1S/C13H26S3.2C8H16O2.C6H9NO2.2C5H10O2/c1-2-3-4-5-6-7-8-9-10-11-12-16-13(14)15;2*1-4-5-6-10-8(9)7(2)3;1-5(4-7)2-3-6(8)9;2*1-4(2)5(6)7-3/h2-12H2,1H3,(H,14,15);2*7H,4-6H2,1-3H3;5H,2-3H2,1H3,(H,8,9);2*4H,1-3H3. The zero-order valence-electron chi connectivity index (χ0n) is 39.7. The molecular weight excluding hydrogens is 811 g/mol. The highest BCUT2D eigenvalue weighted by molar-refractivity contribution is 8.41. The molecule has 0 aliphatic carbocycles. The first kappa shape index (κ1) is 68.4. The molecule has 0 bridgehead atoms. The smallest absolute Gasteiger partial charge is 0.308 e.